The quantitative estimate of drug-likeness (QED) is 0.486. The fourth-order valence-corrected chi connectivity index (χ4v) is 2.86. The van der Waals surface area contributed by atoms with Gasteiger partial charge < -0.3 is 10.4 Å². The fourth-order valence-electron chi connectivity index (χ4n) is 1.84. The van der Waals surface area contributed by atoms with Crippen LogP contribution in [0.1, 0.15) is 24.8 Å². The highest BCUT2D eigenvalue weighted by Crippen LogP contribution is 2.11. The average Bonchev–Trinajstić information content (AvgIpc) is 2.46. The summed E-state index contributed by atoms with van der Waals surface area (Å²) in [6.45, 7) is 0. The monoisotopic (exact) mass is 295 g/mol. The van der Waals surface area contributed by atoms with Crippen molar-refractivity contribution in [2.45, 2.75) is 31.7 Å². The molecule has 0 aromatic heterocycles. The summed E-state index contributed by atoms with van der Waals surface area (Å²) < 4.78 is 0. The number of hydrogen-bond acceptors (Lipinski definition) is 3. The molecule has 0 fully saturated rings. The third-order valence-electron chi connectivity index (χ3n) is 2.97. The van der Waals surface area contributed by atoms with E-state index in [0.717, 1.165) is 30.8 Å². The minimum absolute atomic E-state index is 0.448. The van der Waals surface area contributed by atoms with Gasteiger partial charge in [-0.25, -0.2) is 4.79 Å². The van der Waals surface area contributed by atoms with Gasteiger partial charge >= 0.3 is 5.97 Å². The Kier molecular flexibility index (Phi) is 8.54. The molecule has 0 aliphatic heterocycles. The molecule has 1 unspecified atom stereocenters. The molecule has 0 saturated carbocycles. The maximum absolute atomic E-state index is 10.8. The van der Waals surface area contributed by atoms with Crippen LogP contribution in [0, 0.1) is 0 Å². The molecule has 0 radical (unpaired) electrons. The van der Waals surface area contributed by atoms with Gasteiger partial charge in [0.05, 0.1) is 0 Å². The molecule has 5 heteroatoms. The summed E-state index contributed by atoms with van der Waals surface area (Å²) in [5.74, 6) is 0.811. The van der Waals surface area contributed by atoms with Gasteiger partial charge in [0, 0.05) is 0 Å². The molecule has 0 spiro atoms. The molecular weight excluding hydrogens is 274 g/mol. The SMILES string of the molecule is O=CNC(CCSCCCCc1ccccc1)C(=O)O. The Labute approximate surface area is 124 Å². The Morgan fingerprint density at radius 2 is 2.00 bits per heavy atom. The topological polar surface area (TPSA) is 66.4 Å². The molecule has 1 amide bonds. The molecule has 0 heterocycles. The first-order chi connectivity index (χ1) is 9.74. The summed E-state index contributed by atoms with van der Waals surface area (Å²) in [5.41, 5.74) is 1.36. The molecule has 20 heavy (non-hydrogen) atoms. The lowest BCUT2D eigenvalue weighted by molar-refractivity contribution is -0.140. The Morgan fingerprint density at radius 1 is 1.25 bits per heavy atom. The maximum atomic E-state index is 10.8. The Bertz CT molecular complexity index is 397. The van der Waals surface area contributed by atoms with Gasteiger partial charge in [-0.1, -0.05) is 30.3 Å². The van der Waals surface area contributed by atoms with Crippen LogP contribution < -0.4 is 5.32 Å². The lowest BCUT2D eigenvalue weighted by atomic mass is 10.1. The van der Waals surface area contributed by atoms with Gasteiger partial charge in [-0.3, -0.25) is 4.79 Å². The van der Waals surface area contributed by atoms with Gasteiger partial charge in [-0.15, -0.1) is 0 Å². The van der Waals surface area contributed by atoms with E-state index >= 15 is 0 Å². The number of aliphatic carboxylic acids is 1. The number of amides is 1. The number of unbranched alkanes of at least 4 members (excludes halogenated alkanes) is 1. The van der Waals surface area contributed by atoms with Gasteiger partial charge in [0.2, 0.25) is 6.41 Å². The van der Waals surface area contributed by atoms with Crippen LogP contribution in [-0.4, -0.2) is 35.0 Å². The van der Waals surface area contributed by atoms with Crippen molar-refractivity contribution in [2.24, 2.45) is 0 Å². The number of nitrogens with one attached hydrogen (secondary N) is 1. The molecule has 0 bridgehead atoms. The molecule has 1 rings (SSSR count). The first-order valence-corrected chi connectivity index (χ1v) is 7.93. The summed E-state index contributed by atoms with van der Waals surface area (Å²) >= 11 is 1.74. The van der Waals surface area contributed by atoms with Gasteiger partial charge in [0.15, 0.2) is 0 Å². The molecule has 110 valence electrons. The molecule has 1 aromatic rings. The Balaban J connectivity index is 2.02. The summed E-state index contributed by atoms with van der Waals surface area (Å²) in [6, 6.07) is 9.63. The van der Waals surface area contributed by atoms with Crippen molar-refractivity contribution < 1.29 is 14.7 Å². The summed E-state index contributed by atoms with van der Waals surface area (Å²) in [6.07, 6.45) is 4.27. The van der Waals surface area contributed by atoms with Crippen LogP contribution >= 0.6 is 11.8 Å². The van der Waals surface area contributed by atoms with Crippen LogP contribution in [0.4, 0.5) is 0 Å². The van der Waals surface area contributed by atoms with Crippen LogP contribution in [-0.2, 0) is 16.0 Å². The zero-order valence-corrected chi connectivity index (χ0v) is 12.3. The van der Waals surface area contributed by atoms with Crippen molar-refractivity contribution in [1.29, 1.82) is 0 Å². The van der Waals surface area contributed by atoms with E-state index in [4.69, 9.17) is 5.11 Å². The number of carboxylic acid groups (broad SMARTS) is 1. The van der Waals surface area contributed by atoms with E-state index < -0.39 is 12.0 Å². The molecule has 1 aromatic carbocycles. The van der Waals surface area contributed by atoms with Gasteiger partial charge in [-0.05, 0) is 42.8 Å². The highest BCUT2D eigenvalue weighted by atomic mass is 32.2. The second kappa shape index (κ2) is 10.3. The van der Waals surface area contributed by atoms with Crippen molar-refractivity contribution in [2.75, 3.05) is 11.5 Å². The molecule has 0 aliphatic carbocycles. The van der Waals surface area contributed by atoms with E-state index in [1.54, 1.807) is 11.8 Å². The van der Waals surface area contributed by atoms with E-state index in [1.807, 2.05) is 6.07 Å². The average molecular weight is 295 g/mol. The van der Waals surface area contributed by atoms with Crippen LogP contribution in [0.5, 0.6) is 0 Å². The molecule has 0 saturated heterocycles. The third-order valence-corrected chi connectivity index (χ3v) is 4.07. The molecule has 0 aliphatic rings. The number of thioether (sulfide) groups is 1. The highest BCUT2D eigenvalue weighted by Gasteiger charge is 2.14. The van der Waals surface area contributed by atoms with E-state index in [1.165, 1.54) is 5.56 Å². The van der Waals surface area contributed by atoms with Crippen molar-refractivity contribution in [3.63, 3.8) is 0 Å². The van der Waals surface area contributed by atoms with Gasteiger partial charge in [0.1, 0.15) is 6.04 Å². The zero-order valence-electron chi connectivity index (χ0n) is 11.5. The van der Waals surface area contributed by atoms with E-state index in [0.29, 0.717) is 12.8 Å². The highest BCUT2D eigenvalue weighted by molar-refractivity contribution is 7.99. The predicted molar refractivity (Wildman–Crippen MR) is 81.9 cm³/mol. The molecule has 1 atom stereocenters. The molecule has 4 nitrogen and oxygen atoms in total. The first kappa shape index (κ1) is 16.6. The normalized spacial score (nSPS) is 11.8. The predicted octanol–water partition coefficient (Wildman–Crippen LogP) is 2.33. The Hall–Kier alpha value is -1.49. The van der Waals surface area contributed by atoms with Crippen LogP contribution in [0.3, 0.4) is 0 Å². The number of hydrogen-bond donors (Lipinski definition) is 2. The van der Waals surface area contributed by atoms with Crippen molar-refractivity contribution >= 4 is 24.1 Å². The summed E-state index contributed by atoms with van der Waals surface area (Å²) in [5, 5.41) is 11.2. The van der Waals surface area contributed by atoms with Crippen LogP contribution in [0.25, 0.3) is 0 Å². The van der Waals surface area contributed by atoms with Crippen molar-refractivity contribution in [3.05, 3.63) is 35.9 Å². The van der Waals surface area contributed by atoms with E-state index in [9.17, 15) is 9.59 Å². The lowest BCUT2D eigenvalue weighted by Crippen LogP contribution is -2.36. The fraction of sp³-hybridized carbons (Fsp3) is 0.467. The minimum atomic E-state index is -0.971. The smallest absolute Gasteiger partial charge is 0.326 e. The van der Waals surface area contributed by atoms with Gasteiger partial charge in [0.25, 0.3) is 0 Å². The largest absolute Gasteiger partial charge is 0.480 e. The third kappa shape index (κ3) is 7.19. The van der Waals surface area contributed by atoms with Crippen LogP contribution in [0.2, 0.25) is 0 Å². The molecule has 2 N–H and O–H groups in total. The number of aryl methyl sites for hydroxylation is 1. The number of carbonyl (C=O) groups is 2. The number of carboxylic acids is 1. The van der Waals surface area contributed by atoms with Gasteiger partial charge in [-0.2, -0.15) is 11.8 Å². The summed E-state index contributed by atoms with van der Waals surface area (Å²) in [7, 11) is 0. The number of carbonyl (C=O) groups excluding carboxylic acids is 1. The molecular formula is C15H21NO3S. The van der Waals surface area contributed by atoms with Crippen LogP contribution in [0.15, 0.2) is 30.3 Å². The Morgan fingerprint density at radius 3 is 2.65 bits per heavy atom. The van der Waals surface area contributed by atoms with E-state index in [-0.39, 0.29) is 0 Å². The van der Waals surface area contributed by atoms with E-state index in [2.05, 4.69) is 29.6 Å². The standard InChI is InChI=1S/C15H21NO3S/c17-12-16-14(15(18)19)9-11-20-10-5-4-8-13-6-2-1-3-7-13/h1-3,6-7,12,14H,4-5,8-11H2,(H,16,17)(H,18,19). The maximum Gasteiger partial charge on any atom is 0.326 e. The first-order valence-electron chi connectivity index (χ1n) is 6.78. The summed E-state index contributed by atoms with van der Waals surface area (Å²) in [4.78, 5) is 21.0. The zero-order chi connectivity index (χ0) is 14.6. The minimum Gasteiger partial charge on any atom is -0.480 e. The van der Waals surface area contributed by atoms with Crippen molar-refractivity contribution in [1.82, 2.24) is 5.32 Å². The number of benzene rings is 1. The number of rotatable bonds is 11. The second-order valence-electron chi connectivity index (χ2n) is 4.52. The van der Waals surface area contributed by atoms with Crippen molar-refractivity contribution in [3.8, 4) is 0 Å². The lowest BCUT2D eigenvalue weighted by Gasteiger charge is -2.10. The second-order valence-corrected chi connectivity index (χ2v) is 5.74.